The van der Waals surface area contributed by atoms with Crippen LogP contribution < -0.4 is 15.8 Å². The minimum atomic E-state index is -4.75. The number of alkyl halides is 3. The molecule has 3 N–H and O–H groups in total. The first-order valence-electron chi connectivity index (χ1n) is 7.30. The Hall–Kier alpha value is -1.80. The molecular weight excluding hydrogens is 313 g/mol. The summed E-state index contributed by atoms with van der Waals surface area (Å²) in [6.45, 7) is 2.04. The summed E-state index contributed by atoms with van der Waals surface area (Å²) in [7, 11) is 0. The van der Waals surface area contributed by atoms with E-state index in [9.17, 15) is 18.0 Å². The minimum Gasteiger partial charge on any atom is -0.406 e. The molecule has 1 aromatic carbocycles. The van der Waals surface area contributed by atoms with E-state index in [1.54, 1.807) is 13.0 Å². The standard InChI is InChI=1S/C15H19F3N2O3/c1-9(20-14(21)13-6-5-12(8-19)22-13)10-3-2-4-11(7-10)23-15(16,17)18/h2-4,7,9,12-13H,5-6,8,19H2,1H3,(H,20,21)/t9?,12-,13+/m1/s1. The first-order chi connectivity index (χ1) is 10.8. The van der Waals surface area contributed by atoms with Crippen LogP contribution in [0.15, 0.2) is 24.3 Å². The molecule has 0 bridgehead atoms. The molecular formula is C15H19F3N2O3. The lowest BCUT2D eigenvalue weighted by Crippen LogP contribution is -2.37. The number of halogens is 3. The van der Waals surface area contributed by atoms with Crippen molar-refractivity contribution in [3.63, 3.8) is 0 Å². The van der Waals surface area contributed by atoms with E-state index in [2.05, 4.69) is 10.1 Å². The fourth-order valence-corrected chi connectivity index (χ4v) is 2.44. The Morgan fingerprint density at radius 3 is 2.83 bits per heavy atom. The Labute approximate surface area is 131 Å². The Morgan fingerprint density at radius 1 is 1.48 bits per heavy atom. The Kier molecular flexibility index (Phi) is 5.48. The number of amides is 1. The van der Waals surface area contributed by atoms with Crippen molar-refractivity contribution in [2.45, 2.75) is 44.4 Å². The van der Waals surface area contributed by atoms with E-state index in [0.29, 0.717) is 18.5 Å². The number of benzene rings is 1. The maximum Gasteiger partial charge on any atom is 0.573 e. The van der Waals surface area contributed by atoms with Gasteiger partial charge in [0.05, 0.1) is 12.1 Å². The van der Waals surface area contributed by atoms with E-state index >= 15 is 0 Å². The van der Waals surface area contributed by atoms with Gasteiger partial charge in [0.2, 0.25) is 5.91 Å². The monoisotopic (exact) mass is 332 g/mol. The zero-order chi connectivity index (χ0) is 17.0. The molecule has 1 aromatic rings. The highest BCUT2D eigenvalue weighted by atomic mass is 19.4. The number of ether oxygens (including phenoxy) is 2. The molecule has 0 aromatic heterocycles. The lowest BCUT2D eigenvalue weighted by atomic mass is 10.1. The summed E-state index contributed by atoms with van der Waals surface area (Å²) in [5, 5.41) is 2.73. The van der Waals surface area contributed by atoms with Crippen molar-refractivity contribution in [1.29, 1.82) is 0 Å². The van der Waals surface area contributed by atoms with Gasteiger partial charge in [-0.05, 0) is 37.5 Å². The van der Waals surface area contributed by atoms with E-state index in [0.717, 1.165) is 6.42 Å². The molecule has 128 valence electrons. The van der Waals surface area contributed by atoms with Gasteiger partial charge in [-0.25, -0.2) is 0 Å². The van der Waals surface area contributed by atoms with Gasteiger partial charge in [-0.1, -0.05) is 12.1 Å². The summed E-state index contributed by atoms with van der Waals surface area (Å²) in [4.78, 5) is 12.1. The molecule has 0 radical (unpaired) electrons. The van der Waals surface area contributed by atoms with Crippen LogP contribution in [0.1, 0.15) is 31.4 Å². The first kappa shape index (κ1) is 17.6. The lowest BCUT2D eigenvalue weighted by Gasteiger charge is -2.19. The highest BCUT2D eigenvalue weighted by molar-refractivity contribution is 5.81. The fraction of sp³-hybridized carbons (Fsp3) is 0.533. The quantitative estimate of drug-likeness (QED) is 0.867. The van der Waals surface area contributed by atoms with Crippen molar-refractivity contribution in [2.24, 2.45) is 5.73 Å². The Morgan fingerprint density at radius 2 is 2.22 bits per heavy atom. The molecule has 0 aliphatic carbocycles. The van der Waals surface area contributed by atoms with Crippen molar-refractivity contribution in [2.75, 3.05) is 6.54 Å². The second-order valence-electron chi connectivity index (χ2n) is 5.41. The third-order valence-electron chi connectivity index (χ3n) is 3.61. The van der Waals surface area contributed by atoms with Crippen molar-refractivity contribution in [1.82, 2.24) is 5.32 Å². The van der Waals surface area contributed by atoms with Gasteiger partial charge in [0.25, 0.3) is 0 Å². The summed E-state index contributed by atoms with van der Waals surface area (Å²) >= 11 is 0. The topological polar surface area (TPSA) is 73.6 Å². The molecule has 1 aliphatic heterocycles. The predicted octanol–water partition coefficient (Wildman–Crippen LogP) is 2.27. The van der Waals surface area contributed by atoms with Gasteiger partial charge in [-0.2, -0.15) is 0 Å². The smallest absolute Gasteiger partial charge is 0.406 e. The van der Waals surface area contributed by atoms with Crippen LogP contribution in [0.25, 0.3) is 0 Å². The summed E-state index contributed by atoms with van der Waals surface area (Å²) in [5.41, 5.74) is 6.00. The molecule has 0 saturated carbocycles. The van der Waals surface area contributed by atoms with Crippen LogP contribution >= 0.6 is 0 Å². The lowest BCUT2D eigenvalue weighted by molar-refractivity contribution is -0.274. The molecule has 1 unspecified atom stereocenters. The number of rotatable bonds is 5. The van der Waals surface area contributed by atoms with E-state index < -0.39 is 18.5 Å². The van der Waals surface area contributed by atoms with Crippen LogP contribution in [0.2, 0.25) is 0 Å². The van der Waals surface area contributed by atoms with Crippen molar-refractivity contribution in [3.8, 4) is 5.75 Å². The van der Waals surface area contributed by atoms with E-state index in [-0.39, 0.29) is 17.8 Å². The van der Waals surface area contributed by atoms with Gasteiger partial charge < -0.3 is 20.5 Å². The number of hydrogen-bond donors (Lipinski definition) is 2. The largest absolute Gasteiger partial charge is 0.573 e. The zero-order valence-electron chi connectivity index (χ0n) is 12.6. The Bertz CT molecular complexity index is 551. The third kappa shape index (κ3) is 5.11. The molecule has 1 saturated heterocycles. The molecule has 1 amide bonds. The number of carbonyl (C=O) groups is 1. The van der Waals surface area contributed by atoms with Crippen LogP contribution in [0.3, 0.4) is 0 Å². The van der Waals surface area contributed by atoms with E-state index in [4.69, 9.17) is 10.5 Å². The average Bonchev–Trinajstić information content (AvgIpc) is 2.94. The fourth-order valence-electron chi connectivity index (χ4n) is 2.44. The average molecular weight is 332 g/mol. The van der Waals surface area contributed by atoms with Crippen LogP contribution in [-0.2, 0) is 9.53 Å². The zero-order valence-corrected chi connectivity index (χ0v) is 12.6. The summed E-state index contributed by atoms with van der Waals surface area (Å²) in [6.07, 6.45) is -4.14. The van der Waals surface area contributed by atoms with Crippen molar-refractivity contribution in [3.05, 3.63) is 29.8 Å². The molecule has 23 heavy (non-hydrogen) atoms. The molecule has 3 atom stereocenters. The van der Waals surface area contributed by atoms with Gasteiger partial charge >= 0.3 is 6.36 Å². The third-order valence-corrected chi connectivity index (χ3v) is 3.61. The van der Waals surface area contributed by atoms with Crippen molar-refractivity contribution >= 4 is 5.91 Å². The van der Waals surface area contributed by atoms with Gasteiger partial charge in [0.1, 0.15) is 11.9 Å². The van der Waals surface area contributed by atoms with Crippen LogP contribution in [0.4, 0.5) is 13.2 Å². The number of nitrogens with one attached hydrogen (secondary N) is 1. The van der Waals surface area contributed by atoms with Gasteiger partial charge in [-0.3, -0.25) is 4.79 Å². The molecule has 0 spiro atoms. The second-order valence-corrected chi connectivity index (χ2v) is 5.41. The van der Waals surface area contributed by atoms with Crippen LogP contribution in [0, 0.1) is 0 Å². The second kappa shape index (κ2) is 7.18. The Balaban J connectivity index is 1.96. The summed E-state index contributed by atoms with van der Waals surface area (Å²) in [5.74, 6) is -0.619. The van der Waals surface area contributed by atoms with Gasteiger partial charge in [0, 0.05) is 6.54 Å². The van der Waals surface area contributed by atoms with Crippen molar-refractivity contribution < 1.29 is 27.4 Å². The molecule has 2 rings (SSSR count). The SMILES string of the molecule is CC(NC(=O)[C@@H]1CC[C@H](CN)O1)c1cccc(OC(F)(F)F)c1. The minimum absolute atomic E-state index is 0.121. The van der Waals surface area contributed by atoms with E-state index in [1.807, 2.05) is 0 Å². The molecule has 1 fully saturated rings. The van der Waals surface area contributed by atoms with E-state index in [1.165, 1.54) is 18.2 Å². The number of nitrogens with two attached hydrogens (primary N) is 1. The molecule has 8 heteroatoms. The molecule has 1 heterocycles. The van der Waals surface area contributed by atoms with Crippen LogP contribution in [-0.4, -0.2) is 31.0 Å². The summed E-state index contributed by atoms with van der Waals surface area (Å²) < 4.78 is 46.1. The van der Waals surface area contributed by atoms with Crippen LogP contribution in [0.5, 0.6) is 5.75 Å². The number of carbonyl (C=O) groups excluding carboxylic acids is 1. The maximum atomic E-state index is 12.2. The van der Waals surface area contributed by atoms with Gasteiger partial charge in [0.15, 0.2) is 0 Å². The highest BCUT2D eigenvalue weighted by Crippen LogP contribution is 2.26. The molecule has 1 aliphatic rings. The maximum absolute atomic E-state index is 12.2. The first-order valence-corrected chi connectivity index (χ1v) is 7.30. The number of hydrogen-bond acceptors (Lipinski definition) is 4. The normalized spacial score (nSPS) is 22.7. The predicted molar refractivity (Wildman–Crippen MR) is 76.6 cm³/mol. The highest BCUT2D eigenvalue weighted by Gasteiger charge is 2.32. The van der Waals surface area contributed by atoms with Gasteiger partial charge in [-0.15, -0.1) is 13.2 Å². The molecule has 5 nitrogen and oxygen atoms in total. The summed E-state index contributed by atoms with van der Waals surface area (Å²) in [6, 6.07) is 5.04.